The van der Waals surface area contributed by atoms with Gasteiger partial charge in [0.05, 0.1) is 48.0 Å². The number of fused-ring (bicyclic) bond motifs is 2. The van der Waals surface area contributed by atoms with Crippen molar-refractivity contribution >= 4 is 41.0 Å². The van der Waals surface area contributed by atoms with Gasteiger partial charge in [-0.2, -0.15) is 0 Å². The lowest BCUT2D eigenvalue weighted by molar-refractivity contribution is -0.162. The van der Waals surface area contributed by atoms with Crippen LogP contribution in [-0.2, 0) is 33.4 Å². The zero-order valence-corrected chi connectivity index (χ0v) is 29.4. The number of carbonyl (C=O) groups excluding carboxylic acids is 4. The second-order valence-electron chi connectivity index (χ2n) is 13.7. The van der Waals surface area contributed by atoms with E-state index in [0.717, 1.165) is 5.56 Å². The van der Waals surface area contributed by atoms with Gasteiger partial charge in [-0.15, -0.1) is 0 Å². The Labute approximate surface area is 297 Å². The number of nitrogens with zero attached hydrogens (tertiary/aromatic N) is 2. The van der Waals surface area contributed by atoms with Gasteiger partial charge in [-0.3, -0.25) is 19.2 Å². The summed E-state index contributed by atoms with van der Waals surface area (Å²) in [6.07, 6.45) is 5.76. The van der Waals surface area contributed by atoms with E-state index in [2.05, 4.69) is 5.32 Å². The standard InChI is InChI=1S/C38H44ClN3O8/c1-22(2)27(20-43)42-34-36(46)41(32-23(3)12-11-15-25(32)39)19-10-6-9-16-29(44)40-26(21-48-4)33(24-13-7-5-8-14-24)49-37(47)30-28-17-18-38(34,50-28)31(30)35(42)45/h5-8,10-15,17-18,22,26-28,30-31,33-34,43H,9,16,19-21H2,1-4H3,(H,40,44)/b10-6-/t26-,27+,28+,30-,31-,33-,34+,38-/m1/s1. The molecule has 0 radical (unpaired) electrons. The van der Waals surface area contributed by atoms with Crippen molar-refractivity contribution in [2.45, 2.75) is 69.5 Å². The highest BCUT2D eigenvalue weighted by atomic mass is 35.5. The number of esters is 1. The molecule has 0 aromatic heterocycles. The first-order valence-electron chi connectivity index (χ1n) is 17.1. The van der Waals surface area contributed by atoms with E-state index < -0.39 is 72.2 Å². The molecule has 11 nitrogen and oxygen atoms in total. The molecule has 50 heavy (non-hydrogen) atoms. The summed E-state index contributed by atoms with van der Waals surface area (Å²) in [7, 11) is 1.50. The summed E-state index contributed by atoms with van der Waals surface area (Å²) >= 11 is 6.75. The minimum atomic E-state index is -1.52. The lowest BCUT2D eigenvalue weighted by atomic mass is 9.74. The van der Waals surface area contributed by atoms with Crippen molar-refractivity contribution in [3.63, 3.8) is 0 Å². The fraction of sp³-hybridized carbons (Fsp3) is 0.474. The Morgan fingerprint density at radius 2 is 1.82 bits per heavy atom. The van der Waals surface area contributed by atoms with Crippen LogP contribution in [0.15, 0.2) is 72.8 Å². The summed E-state index contributed by atoms with van der Waals surface area (Å²) in [5.74, 6) is -4.37. The number of allylic oxidation sites excluding steroid dienone is 1. The molecule has 8 atom stereocenters. The second kappa shape index (κ2) is 14.7. The molecule has 266 valence electrons. The van der Waals surface area contributed by atoms with Crippen LogP contribution >= 0.6 is 11.6 Å². The Bertz CT molecular complexity index is 1660. The molecule has 12 heteroatoms. The van der Waals surface area contributed by atoms with Gasteiger partial charge < -0.3 is 34.4 Å². The number of hydrogen-bond donors (Lipinski definition) is 2. The molecular weight excluding hydrogens is 662 g/mol. The van der Waals surface area contributed by atoms with Gasteiger partial charge in [0, 0.05) is 20.1 Å². The van der Waals surface area contributed by atoms with Gasteiger partial charge in [-0.1, -0.05) is 92.2 Å². The van der Waals surface area contributed by atoms with Gasteiger partial charge in [0.15, 0.2) is 0 Å². The van der Waals surface area contributed by atoms with Gasteiger partial charge in [0.1, 0.15) is 23.7 Å². The van der Waals surface area contributed by atoms with Crippen LogP contribution in [0, 0.1) is 24.7 Å². The number of methoxy groups -OCH3 is 1. The zero-order chi connectivity index (χ0) is 35.7. The van der Waals surface area contributed by atoms with Gasteiger partial charge in [0.25, 0.3) is 5.91 Å². The van der Waals surface area contributed by atoms with E-state index in [1.807, 2.05) is 51.1 Å². The van der Waals surface area contributed by atoms with Crippen LogP contribution in [0.5, 0.6) is 0 Å². The van der Waals surface area contributed by atoms with Crippen LogP contribution in [0.2, 0.25) is 5.02 Å². The SMILES string of the molecule is COC[C@H]1NC(=O)CC/C=C\CN(c2c(C)cccc2Cl)C(=O)[C@@H]2N([C@@H](CO)C(C)C)C(=O)[C@H]3[C@H](C(=O)O[C@@H]1c1ccccc1)[C@@H]1C=C[C@]23O1. The maximum Gasteiger partial charge on any atom is 0.313 e. The van der Waals surface area contributed by atoms with Crippen molar-refractivity contribution in [1.82, 2.24) is 10.2 Å². The van der Waals surface area contributed by atoms with Crippen LogP contribution in [0.25, 0.3) is 0 Å². The summed E-state index contributed by atoms with van der Waals surface area (Å²) in [5, 5.41) is 14.0. The number of aliphatic hydroxyl groups is 1. The number of rotatable bonds is 7. The first-order chi connectivity index (χ1) is 24.0. The number of aryl methyl sites for hydroxylation is 1. The highest BCUT2D eigenvalue weighted by Crippen LogP contribution is 2.57. The summed E-state index contributed by atoms with van der Waals surface area (Å²) in [6.45, 7) is 5.31. The fourth-order valence-corrected chi connectivity index (χ4v) is 8.27. The highest BCUT2D eigenvalue weighted by molar-refractivity contribution is 6.34. The van der Waals surface area contributed by atoms with E-state index in [1.165, 1.54) is 16.9 Å². The molecule has 2 N–H and O–H groups in total. The molecule has 2 saturated heterocycles. The van der Waals surface area contributed by atoms with E-state index in [9.17, 15) is 19.5 Å². The van der Waals surface area contributed by atoms with Crippen LogP contribution < -0.4 is 10.2 Å². The minimum absolute atomic E-state index is 0.0499. The van der Waals surface area contributed by atoms with Crippen molar-refractivity contribution < 1.29 is 38.5 Å². The van der Waals surface area contributed by atoms with E-state index >= 15 is 4.79 Å². The summed E-state index contributed by atoms with van der Waals surface area (Å²) in [5.41, 5.74) is 0.325. The van der Waals surface area contributed by atoms with Crippen molar-refractivity contribution in [2.75, 3.05) is 31.8 Å². The summed E-state index contributed by atoms with van der Waals surface area (Å²) in [4.78, 5) is 60.6. The lowest BCUT2D eigenvalue weighted by Gasteiger charge is -2.40. The molecule has 3 amide bonds. The average Bonchev–Trinajstić information content (AvgIpc) is 3.73. The summed E-state index contributed by atoms with van der Waals surface area (Å²) in [6, 6.07) is 11.7. The predicted molar refractivity (Wildman–Crippen MR) is 186 cm³/mol. The number of cyclic esters (lactones) is 1. The van der Waals surface area contributed by atoms with Crippen LogP contribution in [0.3, 0.4) is 0 Å². The number of halogens is 1. The molecule has 4 heterocycles. The van der Waals surface area contributed by atoms with Crippen LogP contribution in [0.1, 0.15) is 43.9 Å². The van der Waals surface area contributed by atoms with E-state index in [1.54, 1.807) is 42.5 Å². The Morgan fingerprint density at radius 3 is 2.50 bits per heavy atom. The Balaban J connectivity index is 1.51. The Hall–Kier alpha value is -4.03. The van der Waals surface area contributed by atoms with Crippen molar-refractivity contribution in [3.05, 3.63) is 89.0 Å². The zero-order valence-electron chi connectivity index (χ0n) is 28.7. The number of carbonyl (C=O) groups is 4. The number of amides is 3. The van der Waals surface area contributed by atoms with E-state index in [0.29, 0.717) is 22.7 Å². The number of hydrogen-bond acceptors (Lipinski definition) is 8. The van der Waals surface area contributed by atoms with Crippen molar-refractivity contribution in [3.8, 4) is 0 Å². The molecule has 2 fully saturated rings. The topological polar surface area (TPSA) is 135 Å². The minimum Gasteiger partial charge on any atom is -0.455 e. The first-order valence-corrected chi connectivity index (χ1v) is 17.5. The molecule has 6 rings (SSSR count). The third kappa shape index (κ3) is 6.25. The normalized spacial score (nSPS) is 31.2. The molecule has 2 aromatic carbocycles. The molecule has 4 aliphatic rings. The summed E-state index contributed by atoms with van der Waals surface area (Å²) < 4.78 is 18.4. The quantitative estimate of drug-likeness (QED) is 0.327. The molecule has 1 spiro atoms. The monoisotopic (exact) mass is 705 g/mol. The number of ether oxygens (including phenoxy) is 3. The molecule has 5 bridgehead atoms. The third-order valence-electron chi connectivity index (χ3n) is 10.3. The highest BCUT2D eigenvalue weighted by Gasteiger charge is 2.74. The van der Waals surface area contributed by atoms with Crippen molar-refractivity contribution in [2.24, 2.45) is 17.8 Å². The average molecular weight is 706 g/mol. The maximum absolute atomic E-state index is 15.2. The Morgan fingerprint density at radius 1 is 1.06 bits per heavy atom. The number of anilines is 1. The molecule has 0 unspecified atom stereocenters. The fourth-order valence-electron chi connectivity index (χ4n) is 7.94. The number of aliphatic hydroxyl groups excluding tert-OH is 1. The number of para-hydroxylation sites is 1. The molecule has 0 saturated carbocycles. The van der Waals surface area contributed by atoms with Crippen LogP contribution in [0.4, 0.5) is 5.69 Å². The molecule has 4 aliphatic heterocycles. The van der Waals surface area contributed by atoms with E-state index in [-0.39, 0.29) is 31.4 Å². The Kier molecular flexibility index (Phi) is 10.5. The molecule has 0 aliphatic carbocycles. The molecular formula is C38H44ClN3O8. The largest absolute Gasteiger partial charge is 0.455 e. The number of nitrogens with one attached hydrogen (secondary N) is 1. The molecule has 2 aromatic rings. The second-order valence-corrected chi connectivity index (χ2v) is 14.1. The number of likely N-dealkylation sites (tertiary alicyclic amines) is 1. The third-order valence-corrected chi connectivity index (χ3v) is 10.6. The predicted octanol–water partition coefficient (Wildman–Crippen LogP) is 3.91. The van der Waals surface area contributed by atoms with E-state index in [4.69, 9.17) is 25.8 Å². The lowest BCUT2D eigenvalue weighted by Crippen LogP contribution is -2.59. The number of benzene rings is 2. The first kappa shape index (κ1) is 35.8. The smallest absolute Gasteiger partial charge is 0.313 e. The van der Waals surface area contributed by atoms with Gasteiger partial charge in [-0.05, 0) is 36.5 Å². The van der Waals surface area contributed by atoms with Crippen molar-refractivity contribution in [1.29, 1.82) is 0 Å². The van der Waals surface area contributed by atoms with Crippen LogP contribution in [-0.4, -0.2) is 90.4 Å². The van der Waals surface area contributed by atoms with Gasteiger partial charge in [-0.25, -0.2) is 0 Å². The van der Waals surface area contributed by atoms with Gasteiger partial charge in [0.2, 0.25) is 11.8 Å². The van der Waals surface area contributed by atoms with Gasteiger partial charge >= 0.3 is 5.97 Å². The maximum atomic E-state index is 15.2.